The molecule has 5 nitrogen and oxygen atoms in total. The van der Waals surface area contributed by atoms with Crippen LogP contribution in [0, 0.1) is 11.8 Å². The number of carbonyl (C=O) groups excluding carboxylic acids is 2. The van der Waals surface area contributed by atoms with Gasteiger partial charge in [0.15, 0.2) is 0 Å². The molecule has 0 unspecified atom stereocenters. The minimum absolute atomic E-state index is 0.0174. The molecule has 2 bridgehead atoms. The first kappa shape index (κ1) is 15.4. The lowest BCUT2D eigenvalue weighted by atomic mass is 9.77. The number of hydrogen-bond acceptors (Lipinski definition) is 4. The Hall–Kier alpha value is -2.14. The maximum absolute atomic E-state index is 13.1. The summed E-state index contributed by atoms with van der Waals surface area (Å²) in [7, 11) is 0. The zero-order valence-electron chi connectivity index (χ0n) is 13.8. The van der Waals surface area contributed by atoms with Crippen molar-refractivity contribution in [3.05, 3.63) is 48.0 Å². The van der Waals surface area contributed by atoms with Crippen LogP contribution in [-0.4, -0.2) is 41.6 Å². The molecule has 0 saturated carbocycles. The van der Waals surface area contributed by atoms with Gasteiger partial charge in [-0.15, -0.1) is 0 Å². The van der Waals surface area contributed by atoms with Crippen LogP contribution < -0.4 is 0 Å². The molecule has 2 saturated heterocycles. The summed E-state index contributed by atoms with van der Waals surface area (Å²) in [5.74, 6) is -1.36. The minimum atomic E-state index is -0.678. The fraction of sp³-hybridized carbons (Fsp3) is 0.474. The van der Waals surface area contributed by atoms with Gasteiger partial charge in [0.25, 0.3) is 0 Å². The highest BCUT2D eigenvalue weighted by atomic mass is 16.6. The summed E-state index contributed by atoms with van der Waals surface area (Å²) in [6.07, 6.45) is 3.53. The molecule has 5 heteroatoms. The number of benzene rings is 1. The van der Waals surface area contributed by atoms with E-state index in [4.69, 9.17) is 9.47 Å². The van der Waals surface area contributed by atoms with Gasteiger partial charge in [0.05, 0.1) is 31.2 Å². The van der Waals surface area contributed by atoms with Gasteiger partial charge in [-0.2, -0.15) is 0 Å². The Kier molecular flexibility index (Phi) is 3.49. The number of likely N-dealkylation sites (tertiary alicyclic amines) is 1. The number of rotatable bonds is 4. The van der Waals surface area contributed by atoms with E-state index in [0.717, 1.165) is 5.56 Å². The third kappa shape index (κ3) is 2.04. The van der Waals surface area contributed by atoms with E-state index in [0.29, 0.717) is 13.2 Å². The topological polar surface area (TPSA) is 55.8 Å². The van der Waals surface area contributed by atoms with Crippen LogP contribution in [0.2, 0.25) is 0 Å². The number of fused-ring (bicyclic) bond motifs is 1. The van der Waals surface area contributed by atoms with Crippen LogP contribution in [0.15, 0.2) is 42.5 Å². The number of esters is 1. The van der Waals surface area contributed by atoms with Crippen molar-refractivity contribution in [2.45, 2.75) is 31.6 Å². The molecule has 4 rings (SSSR count). The Bertz CT molecular complexity index is 701. The molecule has 0 radical (unpaired) electrons. The van der Waals surface area contributed by atoms with E-state index in [1.165, 1.54) is 0 Å². The van der Waals surface area contributed by atoms with Crippen molar-refractivity contribution in [2.75, 3.05) is 13.2 Å². The Morgan fingerprint density at radius 1 is 1.42 bits per heavy atom. The standard InChI is InChI=1S/C19H21NO4/c1-3-23-18(22)15-14-9-10-19(24-14)11-20(17(21)16(15)19)12(2)13-7-5-4-6-8-13/h4-10,12,14-16H,3,11H2,1-2H3/t12-,14-,15-,16-,19-/m0/s1. The first-order chi connectivity index (χ1) is 11.6. The molecule has 1 aromatic carbocycles. The highest BCUT2D eigenvalue weighted by Crippen LogP contribution is 2.53. The molecule has 0 N–H and O–H groups in total. The number of carbonyl (C=O) groups is 2. The third-order valence-corrected chi connectivity index (χ3v) is 5.44. The molecule has 1 amide bonds. The van der Waals surface area contributed by atoms with Crippen molar-refractivity contribution >= 4 is 11.9 Å². The average molecular weight is 327 g/mol. The molecule has 0 aromatic heterocycles. The molecule has 5 atom stereocenters. The maximum Gasteiger partial charge on any atom is 0.312 e. The summed E-state index contributed by atoms with van der Waals surface area (Å²) >= 11 is 0. The highest BCUT2D eigenvalue weighted by Gasteiger charge is 2.67. The van der Waals surface area contributed by atoms with E-state index in [9.17, 15) is 9.59 Å². The van der Waals surface area contributed by atoms with Crippen molar-refractivity contribution in [2.24, 2.45) is 11.8 Å². The number of hydrogen-bond donors (Lipinski definition) is 0. The predicted octanol–water partition coefficient (Wildman–Crippen LogP) is 2.09. The molecule has 0 aliphatic carbocycles. The number of ether oxygens (including phenoxy) is 2. The van der Waals surface area contributed by atoms with Crippen molar-refractivity contribution in [1.82, 2.24) is 4.90 Å². The molecule has 1 aromatic rings. The van der Waals surface area contributed by atoms with Crippen LogP contribution in [0.3, 0.4) is 0 Å². The van der Waals surface area contributed by atoms with Gasteiger partial charge in [0.1, 0.15) is 11.5 Å². The molecular formula is C19H21NO4. The van der Waals surface area contributed by atoms with Crippen LogP contribution in [-0.2, 0) is 19.1 Å². The van der Waals surface area contributed by atoms with Crippen LogP contribution >= 0.6 is 0 Å². The minimum Gasteiger partial charge on any atom is -0.466 e. The molecule has 3 aliphatic heterocycles. The third-order valence-electron chi connectivity index (χ3n) is 5.44. The van der Waals surface area contributed by atoms with Crippen molar-refractivity contribution in [3.8, 4) is 0 Å². The van der Waals surface area contributed by atoms with Gasteiger partial charge in [-0.3, -0.25) is 9.59 Å². The molecule has 24 heavy (non-hydrogen) atoms. The summed E-state index contributed by atoms with van der Waals surface area (Å²) in [5, 5.41) is 0. The predicted molar refractivity (Wildman–Crippen MR) is 86.9 cm³/mol. The normalized spacial score (nSPS) is 34.5. The molecule has 126 valence electrons. The van der Waals surface area contributed by atoms with Gasteiger partial charge in [-0.25, -0.2) is 0 Å². The Morgan fingerprint density at radius 3 is 2.88 bits per heavy atom. The fourth-order valence-corrected chi connectivity index (χ4v) is 4.27. The van der Waals surface area contributed by atoms with Gasteiger partial charge in [0.2, 0.25) is 5.91 Å². The van der Waals surface area contributed by atoms with Gasteiger partial charge in [0, 0.05) is 0 Å². The van der Waals surface area contributed by atoms with Crippen molar-refractivity contribution < 1.29 is 19.1 Å². The van der Waals surface area contributed by atoms with Crippen LogP contribution in [0.5, 0.6) is 0 Å². The highest BCUT2D eigenvalue weighted by molar-refractivity contribution is 5.91. The first-order valence-corrected chi connectivity index (χ1v) is 8.46. The lowest BCUT2D eigenvalue weighted by molar-refractivity contribution is -0.153. The summed E-state index contributed by atoms with van der Waals surface area (Å²) in [4.78, 5) is 27.3. The van der Waals surface area contributed by atoms with Crippen LogP contribution in [0.4, 0.5) is 0 Å². The summed E-state index contributed by atoms with van der Waals surface area (Å²) < 4.78 is 11.3. The second-order valence-corrected chi connectivity index (χ2v) is 6.70. The first-order valence-electron chi connectivity index (χ1n) is 8.46. The molecule has 2 fully saturated rings. The second kappa shape index (κ2) is 5.45. The lowest BCUT2D eigenvalue weighted by Crippen LogP contribution is -2.40. The SMILES string of the molecule is CCOC(=O)[C@H]1[C@@H]2C=C[C@@]3(CN([C@@H](C)c4ccccc4)C(=O)[C@H]13)O2. The number of amides is 1. The summed E-state index contributed by atoms with van der Waals surface area (Å²) in [5.41, 5.74) is 0.399. The summed E-state index contributed by atoms with van der Waals surface area (Å²) in [6, 6.07) is 9.86. The number of nitrogens with zero attached hydrogens (tertiary/aromatic N) is 1. The van der Waals surface area contributed by atoms with Gasteiger partial charge < -0.3 is 14.4 Å². The van der Waals surface area contributed by atoms with E-state index in [1.54, 1.807) is 6.92 Å². The van der Waals surface area contributed by atoms with Gasteiger partial charge >= 0.3 is 5.97 Å². The molecule has 3 aliphatic rings. The Balaban J connectivity index is 1.64. The quantitative estimate of drug-likeness (QED) is 0.628. The Labute approximate surface area is 141 Å². The molecule has 3 heterocycles. The van der Waals surface area contributed by atoms with E-state index in [1.807, 2.05) is 54.3 Å². The van der Waals surface area contributed by atoms with Gasteiger partial charge in [-0.1, -0.05) is 42.5 Å². The van der Waals surface area contributed by atoms with Crippen molar-refractivity contribution in [1.29, 1.82) is 0 Å². The van der Waals surface area contributed by atoms with Crippen LogP contribution in [0.25, 0.3) is 0 Å². The van der Waals surface area contributed by atoms with Crippen molar-refractivity contribution in [3.63, 3.8) is 0 Å². The largest absolute Gasteiger partial charge is 0.466 e. The zero-order valence-corrected chi connectivity index (χ0v) is 13.8. The Morgan fingerprint density at radius 2 is 2.17 bits per heavy atom. The van der Waals surface area contributed by atoms with Gasteiger partial charge in [-0.05, 0) is 19.4 Å². The van der Waals surface area contributed by atoms with E-state index >= 15 is 0 Å². The average Bonchev–Trinajstić information content (AvgIpc) is 3.23. The summed E-state index contributed by atoms with van der Waals surface area (Å²) in [6.45, 7) is 4.58. The molecule has 1 spiro atoms. The zero-order chi connectivity index (χ0) is 16.9. The second-order valence-electron chi connectivity index (χ2n) is 6.70. The van der Waals surface area contributed by atoms with E-state index in [2.05, 4.69) is 0 Å². The molecular weight excluding hydrogens is 306 g/mol. The van der Waals surface area contributed by atoms with Crippen LogP contribution in [0.1, 0.15) is 25.5 Å². The fourth-order valence-electron chi connectivity index (χ4n) is 4.27. The smallest absolute Gasteiger partial charge is 0.312 e. The van der Waals surface area contributed by atoms with E-state index in [-0.39, 0.29) is 24.0 Å². The monoisotopic (exact) mass is 327 g/mol. The lowest BCUT2D eigenvalue weighted by Gasteiger charge is -2.27. The van der Waals surface area contributed by atoms with E-state index < -0.39 is 17.4 Å². The maximum atomic E-state index is 13.1.